The van der Waals surface area contributed by atoms with Gasteiger partial charge in [0, 0.05) is 5.75 Å². The average Bonchev–Trinajstić information content (AvgIpc) is 2.26. The minimum absolute atomic E-state index is 0.239. The van der Waals surface area contributed by atoms with Gasteiger partial charge in [-0.15, -0.1) is 0 Å². The first-order valence-electron chi connectivity index (χ1n) is 4.53. The zero-order valence-electron chi connectivity index (χ0n) is 9.00. The van der Waals surface area contributed by atoms with E-state index in [1.165, 1.54) is 0 Å². The van der Waals surface area contributed by atoms with Crippen LogP contribution in [0.25, 0.3) is 0 Å². The number of carbonyl (C=O) groups excluding carboxylic acids is 2. The Morgan fingerprint density at radius 1 is 1.38 bits per heavy atom. The Morgan fingerprint density at radius 3 is 2.31 bits per heavy atom. The molecule has 0 saturated heterocycles. The summed E-state index contributed by atoms with van der Waals surface area (Å²) in [5.41, 5.74) is 0. The quantitative estimate of drug-likeness (QED) is 0.514. The van der Waals surface area contributed by atoms with Gasteiger partial charge in [-0.25, -0.2) is 4.79 Å². The minimum Gasteiger partial charge on any atom is -0.478 e. The van der Waals surface area contributed by atoms with E-state index in [4.69, 9.17) is 5.11 Å². The third-order valence-electron chi connectivity index (χ3n) is 1.79. The highest BCUT2D eigenvalue weighted by molar-refractivity contribution is 7.80. The van der Waals surface area contributed by atoms with Crippen molar-refractivity contribution in [2.75, 3.05) is 12.9 Å². The van der Waals surface area contributed by atoms with E-state index in [1.807, 2.05) is 0 Å². The molecular formula is C9H14O6S. The Bertz CT molecular complexity index is 277. The van der Waals surface area contributed by atoms with Crippen LogP contribution in [0.4, 0.5) is 0 Å². The van der Waals surface area contributed by atoms with Crippen LogP contribution in [0.2, 0.25) is 0 Å². The van der Waals surface area contributed by atoms with Crippen LogP contribution in [-0.2, 0) is 23.9 Å². The van der Waals surface area contributed by atoms with Gasteiger partial charge in [-0.3, -0.25) is 9.59 Å². The zero-order chi connectivity index (χ0) is 12.7. The highest BCUT2D eigenvalue weighted by Gasteiger charge is 2.27. The van der Waals surface area contributed by atoms with E-state index in [9.17, 15) is 14.4 Å². The molecule has 16 heavy (non-hydrogen) atoms. The molecule has 0 saturated carbocycles. The maximum Gasteiger partial charge on any atom is 0.345 e. The van der Waals surface area contributed by atoms with Crippen LogP contribution in [0.15, 0.2) is 0 Å². The maximum atomic E-state index is 11.3. The molecule has 92 valence electrons. The molecule has 0 aromatic heterocycles. The van der Waals surface area contributed by atoms with Crippen molar-refractivity contribution in [3.63, 3.8) is 0 Å². The molecule has 0 aromatic rings. The van der Waals surface area contributed by atoms with E-state index in [0.29, 0.717) is 0 Å². The third-order valence-corrected chi connectivity index (χ3v) is 2.34. The molecular weight excluding hydrogens is 236 g/mol. The standard InChI is InChI=1S/C9H14O6S/c1-5(4-16)9(13)15-6(8(11)12)3-7(10)14-2/h5-6,16H,3-4H2,1-2H3,(H,11,12)/t5-,6+/m1/s1. The number of carbonyl (C=O) groups is 3. The number of hydrogen-bond acceptors (Lipinski definition) is 6. The van der Waals surface area contributed by atoms with Crippen molar-refractivity contribution >= 4 is 30.5 Å². The van der Waals surface area contributed by atoms with E-state index in [2.05, 4.69) is 22.1 Å². The summed E-state index contributed by atoms with van der Waals surface area (Å²) in [6.07, 6.45) is -2.01. The highest BCUT2D eigenvalue weighted by Crippen LogP contribution is 2.07. The Kier molecular flexibility index (Phi) is 6.55. The fourth-order valence-corrected chi connectivity index (χ4v) is 0.894. The van der Waals surface area contributed by atoms with E-state index in [1.54, 1.807) is 6.92 Å². The first-order chi connectivity index (χ1) is 7.42. The largest absolute Gasteiger partial charge is 0.478 e. The second kappa shape index (κ2) is 7.10. The molecule has 0 spiro atoms. The van der Waals surface area contributed by atoms with Crippen LogP contribution in [-0.4, -0.2) is 42.0 Å². The topological polar surface area (TPSA) is 89.9 Å². The van der Waals surface area contributed by atoms with Gasteiger partial charge in [0.2, 0.25) is 6.10 Å². The lowest BCUT2D eigenvalue weighted by Crippen LogP contribution is -2.32. The van der Waals surface area contributed by atoms with Crippen molar-refractivity contribution in [1.82, 2.24) is 0 Å². The summed E-state index contributed by atoms with van der Waals surface area (Å²) in [5.74, 6) is -3.12. The lowest BCUT2D eigenvalue weighted by Gasteiger charge is -2.14. The van der Waals surface area contributed by atoms with Crippen LogP contribution in [0, 0.1) is 5.92 Å². The van der Waals surface area contributed by atoms with Gasteiger partial charge in [-0.05, 0) is 0 Å². The number of hydrogen-bond donors (Lipinski definition) is 2. The lowest BCUT2D eigenvalue weighted by molar-refractivity contribution is -0.169. The van der Waals surface area contributed by atoms with Crippen molar-refractivity contribution in [2.24, 2.45) is 5.92 Å². The molecule has 0 aliphatic carbocycles. The van der Waals surface area contributed by atoms with Crippen LogP contribution in [0.1, 0.15) is 13.3 Å². The first kappa shape index (κ1) is 14.8. The fraction of sp³-hybridized carbons (Fsp3) is 0.667. The lowest BCUT2D eigenvalue weighted by atomic mass is 10.2. The molecule has 2 atom stereocenters. The van der Waals surface area contributed by atoms with Crippen molar-refractivity contribution in [1.29, 1.82) is 0 Å². The Balaban J connectivity index is 4.40. The van der Waals surface area contributed by atoms with Crippen molar-refractivity contribution in [3.05, 3.63) is 0 Å². The number of ether oxygens (including phenoxy) is 2. The molecule has 0 fully saturated rings. The van der Waals surface area contributed by atoms with Crippen molar-refractivity contribution in [2.45, 2.75) is 19.4 Å². The van der Waals surface area contributed by atoms with Crippen molar-refractivity contribution < 1.29 is 29.0 Å². The number of thiol groups is 1. The van der Waals surface area contributed by atoms with Gasteiger partial charge in [-0.1, -0.05) is 6.92 Å². The number of esters is 2. The summed E-state index contributed by atoms with van der Waals surface area (Å²) in [5, 5.41) is 8.72. The summed E-state index contributed by atoms with van der Waals surface area (Å²) in [7, 11) is 1.12. The van der Waals surface area contributed by atoms with Gasteiger partial charge >= 0.3 is 17.9 Å². The molecule has 0 amide bonds. The minimum atomic E-state index is -1.51. The number of carboxylic acids is 1. The average molecular weight is 250 g/mol. The third kappa shape index (κ3) is 5.01. The van der Waals surface area contributed by atoms with E-state index in [0.717, 1.165) is 7.11 Å². The van der Waals surface area contributed by atoms with Gasteiger partial charge < -0.3 is 14.6 Å². The monoisotopic (exact) mass is 250 g/mol. The number of carboxylic acid groups (broad SMARTS) is 1. The second-order valence-corrected chi connectivity index (χ2v) is 3.49. The smallest absolute Gasteiger partial charge is 0.345 e. The predicted octanol–water partition coefficient (Wildman–Crippen LogP) is 0.112. The molecule has 0 unspecified atom stereocenters. The van der Waals surface area contributed by atoms with E-state index in [-0.39, 0.29) is 5.75 Å². The van der Waals surface area contributed by atoms with E-state index >= 15 is 0 Å². The highest BCUT2D eigenvalue weighted by atomic mass is 32.1. The molecule has 7 heteroatoms. The molecule has 1 N–H and O–H groups in total. The van der Waals surface area contributed by atoms with Gasteiger partial charge in [-0.2, -0.15) is 12.6 Å². The molecule has 0 bridgehead atoms. The first-order valence-corrected chi connectivity index (χ1v) is 5.16. The second-order valence-electron chi connectivity index (χ2n) is 3.13. The summed E-state index contributed by atoms with van der Waals surface area (Å²) in [6.45, 7) is 1.55. The summed E-state index contributed by atoms with van der Waals surface area (Å²) < 4.78 is 8.94. The molecule has 0 aromatic carbocycles. The van der Waals surface area contributed by atoms with Gasteiger partial charge in [0.25, 0.3) is 0 Å². The molecule has 0 rings (SSSR count). The SMILES string of the molecule is COC(=O)C[C@H](OC(=O)[C@H](C)CS)C(=O)O. The van der Waals surface area contributed by atoms with Crippen molar-refractivity contribution in [3.8, 4) is 0 Å². The van der Waals surface area contributed by atoms with Crippen LogP contribution in [0.5, 0.6) is 0 Å². The normalized spacial score (nSPS) is 13.7. The Labute approximate surface area is 98.3 Å². The molecule has 0 aliphatic heterocycles. The fourth-order valence-electron chi connectivity index (χ4n) is 0.745. The number of aliphatic carboxylic acids is 1. The predicted molar refractivity (Wildman–Crippen MR) is 57.2 cm³/mol. The van der Waals surface area contributed by atoms with E-state index < -0.39 is 36.4 Å². The Morgan fingerprint density at radius 2 is 1.94 bits per heavy atom. The van der Waals surface area contributed by atoms with Gasteiger partial charge in [0.1, 0.15) is 0 Å². The maximum absolute atomic E-state index is 11.3. The summed E-state index contributed by atoms with van der Waals surface area (Å²) in [4.78, 5) is 32.8. The number of rotatable bonds is 6. The molecule has 0 heterocycles. The van der Waals surface area contributed by atoms with Crippen LogP contribution < -0.4 is 0 Å². The molecule has 6 nitrogen and oxygen atoms in total. The Hall–Kier alpha value is -1.24. The van der Waals surface area contributed by atoms with Gasteiger partial charge in [0.05, 0.1) is 19.4 Å². The zero-order valence-corrected chi connectivity index (χ0v) is 9.90. The molecule has 0 radical (unpaired) electrons. The summed E-state index contributed by atoms with van der Waals surface area (Å²) >= 11 is 3.88. The summed E-state index contributed by atoms with van der Waals surface area (Å²) in [6, 6.07) is 0. The van der Waals surface area contributed by atoms with Gasteiger partial charge in [0.15, 0.2) is 0 Å². The molecule has 0 aliphatic rings. The number of methoxy groups -OCH3 is 1. The van der Waals surface area contributed by atoms with Crippen LogP contribution in [0.3, 0.4) is 0 Å². The van der Waals surface area contributed by atoms with Crippen LogP contribution >= 0.6 is 12.6 Å².